The molecule has 0 saturated heterocycles. The molecule has 0 nitrogen and oxygen atoms in total. The third-order valence-corrected chi connectivity index (χ3v) is 2.89. The van der Waals surface area contributed by atoms with Gasteiger partial charge in [0.1, 0.15) is 0 Å². The summed E-state index contributed by atoms with van der Waals surface area (Å²) < 4.78 is 0. The molecule has 16 heavy (non-hydrogen) atoms. The van der Waals surface area contributed by atoms with Gasteiger partial charge in [-0.3, -0.25) is 0 Å². The molecule has 0 radical (unpaired) electrons. The molecule has 0 amide bonds. The fraction of sp³-hybridized carbons (Fsp3) is 0.625. The van der Waals surface area contributed by atoms with Gasteiger partial charge in [-0.05, 0) is 37.5 Å². The average Bonchev–Trinajstić information content (AvgIpc) is 2.26. The summed E-state index contributed by atoms with van der Waals surface area (Å²) in [5.41, 5.74) is 1.60. The van der Waals surface area contributed by atoms with Crippen molar-refractivity contribution in [2.45, 2.75) is 52.9 Å². The van der Waals surface area contributed by atoms with Gasteiger partial charge in [-0.15, -0.1) is 13.2 Å². The van der Waals surface area contributed by atoms with Crippen molar-refractivity contribution < 1.29 is 0 Å². The Balaban J connectivity index is 4.30. The predicted octanol–water partition coefficient (Wildman–Crippen LogP) is 5.53. The third-order valence-electron chi connectivity index (χ3n) is 2.89. The molecule has 2 atom stereocenters. The van der Waals surface area contributed by atoms with E-state index in [0.717, 1.165) is 12.3 Å². The smallest absolute Gasteiger partial charge is 0.0227 e. The van der Waals surface area contributed by atoms with Crippen LogP contribution in [0.25, 0.3) is 0 Å². The normalized spacial score (nSPS) is 15.6. The molecule has 2 unspecified atom stereocenters. The summed E-state index contributed by atoms with van der Waals surface area (Å²) in [6, 6.07) is 0. The Bertz CT molecular complexity index is 222. The zero-order chi connectivity index (χ0) is 12.4. The summed E-state index contributed by atoms with van der Waals surface area (Å²) in [5, 5.41) is 0. The minimum atomic E-state index is 0.596. The molecule has 0 saturated carbocycles. The highest BCUT2D eigenvalue weighted by Gasteiger charge is 2.07. The summed E-state index contributed by atoms with van der Waals surface area (Å²) in [6.45, 7) is 14.5. The maximum atomic E-state index is 3.87. The molecular formula is C16H28. The second-order valence-electron chi connectivity index (χ2n) is 4.90. The number of unbranched alkanes of at least 4 members (excludes halogenated alkanes) is 1. The first-order valence-electron chi connectivity index (χ1n) is 6.55. The first-order chi connectivity index (χ1) is 7.63. The Morgan fingerprint density at radius 3 is 2.38 bits per heavy atom. The third kappa shape index (κ3) is 7.50. The number of hydrogen-bond acceptors (Lipinski definition) is 0. The van der Waals surface area contributed by atoms with Gasteiger partial charge >= 0.3 is 0 Å². The molecule has 0 bridgehead atoms. The second-order valence-corrected chi connectivity index (χ2v) is 4.90. The second kappa shape index (κ2) is 9.45. The van der Waals surface area contributed by atoms with Gasteiger partial charge in [-0.25, -0.2) is 0 Å². The Morgan fingerprint density at radius 1 is 1.19 bits per heavy atom. The molecule has 0 heteroatoms. The highest BCUT2D eigenvalue weighted by Crippen LogP contribution is 2.22. The van der Waals surface area contributed by atoms with E-state index in [9.17, 15) is 0 Å². The fourth-order valence-electron chi connectivity index (χ4n) is 1.91. The van der Waals surface area contributed by atoms with Crippen LogP contribution in [0.15, 0.2) is 37.0 Å². The molecule has 0 spiro atoms. The zero-order valence-electron chi connectivity index (χ0n) is 11.3. The van der Waals surface area contributed by atoms with E-state index in [2.05, 4.69) is 46.1 Å². The molecule has 0 aromatic carbocycles. The maximum absolute atomic E-state index is 3.87. The van der Waals surface area contributed by atoms with Gasteiger partial charge in [-0.2, -0.15) is 0 Å². The van der Waals surface area contributed by atoms with Gasteiger partial charge in [0.2, 0.25) is 0 Å². The van der Waals surface area contributed by atoms with Gasteiger partial charge in [0.05, 0.1) is 0 Å². The van der Waals surface area contributed by atoms with Crippen LogP contribution in [0.1, 0.15) is 52.9 Å². The van der Waals surface area contributed by atoms with Crippen molar-refractivity contribution in [1.82, 2.24) is 0 Å². The molecule has 92 valence electrons. The quantitative estimate of drug-likeness (QED) is 0.448. The summed E-state index contributed by atoms with van der Waals surface area (Å²) in [6.07, 6.45) is 12.5. The van der Waals surface area contributed by atoms with Crippen LogP contribution >= 0.6 is 0 Å². The molecule has 0 rings (SSSR count). The summed E-state index contributed by atoms with van der Waals surface area (Å²) >= 11 is 0. The topological polar surface area (TPSA) is 0 Å². The molecule has 0 aliphatic rings. The van der Waals surface area contributed by atoms with Crippen LogP contribution in [0.5, 0.6) is 0 Å². The van der Waals surface area contributed by atoms with Crippen molar-refractivity contribution >= 4 is 0 Å². The number of allylic oxidation sites excluding steroid dienone is 4. The monoisotopic (exact) mass is 220 g/mol. The van der Waals surface area contributed by atoms with Crippen molar-refractivity contribution in [2.24, 2.45) is 11.8 Å². The van der Waals surface area contributed by atoms with Gasteiger partial charge in [-0.1, -0.05) is 51.0 Å². The van der Waals surface area contributed by atoms with Gasteiger partial charge in [0, 0.05) is 0 Å². The van der Waals surface area contributed by atoms with E-state index in [1.54, 1.807) is 5.57 Å². The Hall–Kier alpha value is -0.780. The lowest BCUT2D eigenvalue weighted by molar-refractivity contribution is 0.555. The first-order valence-corrected chi connectivity index (χ1v) is 6.55. The molecule has 0 N–H and O–H groups in total. The van der Waals surface area contributed by atoms with Gasteiger partial charge in [0.25, 0.3) is 0 Å². The summed E-state index contributed by atoms with van der Waals surface area (Å²) in [5.74, 6) is 1.32. The van der Waals surface area contributed by atoms with Gasteiger partial charge < -0.3 is 0 Å². The van der Waals surface area contributed by atoms with Gasteiger partial charge in [0.15, 0.2) is 0 Å². The summed E-state index contributed by atoms with van der Waals surface area (Å²) in [7, 11) is 0. The van der Waals surface area contributed by atoms with E-state index in [-0.39, 0.29) is 0 Å². The Labute approximate surface area is 102 Å². The lowest BCUT2D eigenvalue weighted by Gasteiger charge is -2.15. The molecule has 0 fully saturated rings. The van der Waals surface area contributed by atoms with Crippen LogP contribution in [0.3, 0.4) is 0 Å². The van der Waals surface area contributed by atoms with Crippen molar-refractivity contribution in [2.75, 3.05) is 0 Å². The van der Waals surface area contributed by atoms with Crippen LogP contribution < -0.4 is 0 Å². The lowest BCUT2D eigenvalue weighted by atomic mass is 9.91. The van der Waals surface area contributed by atoms with Crippen LogP contribution in [0.2, 0.25) is 0 Å². The molecule has 0 aromatic rings. The zero-order valence-corrected chi connectivity index (χ0v) is 11.3. The first kappa shape index (κ1) is 15.2. The Kier molecular flexibility index (Phi) is 8.99. The van der Waals surface area contributed by atoms with Crippen molar-refractivity contribution in [3.05, 3.63) is 37.0 Å². The van der Waals surface area contributed by atoms with E-state index < -0.39 is 0 Å². The largest absolute Gasteiger partial charge is 0.103 e. The maximum Gasteiger partial charge on any atom is -0.0227 e. The SMILES string of the molecule is C=CCC(C)CC(=CCCC)CC(C)C=C. The average molecular weight is 220 g/mol. The fourth-order valence-corrected chi connectivity index (χ4v) is 1.91. The molecule has 0 aliphatic heterocycles. The van der Waals surface area contributed by atoms with E-state index in [1.165, 1.54) is 25.7 Å². The van der Waals surface area contributed by atoms with E-state index in [0.29, 0.717) is 5.92 Å². The van der Waals surface area contributed by atoms with E-state index in [1.807, 2.05) is 6.08 Å². The van der Waals surface area contributed by atoms with E-state index >= 15 is 0 Å². The standard InChI is InChI=1S/C16H28/c1-6-9-11-16(12-14(4)8-3)13-15(5)10-7-2/h7-8,11,14-15H,2-3,6,9-10,12-13H2,1,4-5H3. The minimum absolute atomic E-state index is 0.596. The lowest BCUT2D eigenvalue weighted by Crippen LogP contribution is -2.00. The van der Waals surface area contributed by atoms with Crippen LogP contribution in [0, 0.1) is 11.8 Å². The van der Waals surface area contributed by atoms with Crippen LogP contribution in [-0.2, 0) is 0 Å². The Morgan fingerprint density at radius 2 is 1.88 bits per heavy atom. The predicted molar refractivity (Wildman–Crippen MR) is 75.6 cm³/mol. The van der Waals surface area contributed by atoms with Crippen LogP contribution in [-0.4, -0.2) is 0 Å². The number of rotatable bonds is 9. The molecule has 0 heterocycles. The minimum Gasteiger partial charge on any atom is -0.103 e. The van der Waals surface area contributed by atoms with Crippen molar-refractivity contribution in [3.63, 3.8) is 0 Å². The number of hydrogen-bond donors (Lipinski definition) is 0. The molecule has 0 aromatic heterocycles. The van der Waals surface area contributed by atoms with Crippen molar-refractivity contribution in [1.29, 1.82) is 0 Å². The van der Waals surface area contributed by atoms with Crippen LogP contribution in [0.4, 0.5) is 0 Å². The van der Waals surface area contributed by atoms with E-state index in [4.69, 9.17) is 0 Å². The molecule has 0 aliphatic carbocycles. The summed E-state index contributed by atoms with van der Waals surface area (Å²) in [4.78, 5) is 0. The van der Waals surface area contributed by atoms with Crippen molar-refractivity contribution in [3.8, 4) is 0 Å². The highest BCUT2D eigenvalue weighted by atomic mass is 14.1. The molecular weight excluding hydrogens is 192 g/mol. The highest BCUT2D eigenvalue weighted by molar-refractivity contribution is 5.06.